The molecule has 6 heteroatoms. The number of carbonyl (C=O) groups is 1. The van der Waals surface area contributed by atoms with E-state index < -0.39 is 24.1 Å². The van der Waals surface area contributed by atoms with Crippen LogP contribution in [0, 0.1) is 5.92 Å². The summed E-state index contributed by atoms with van der Waals surface area (Å²) in [4.78, 5) is 13.0. The van der Waals surface area contributed by atoms with Gasteiger partial charge in [-0.1, -0.05) is 30.3 Å². The summed E-state index contributed by atoms with van der Waals surface area (Å²) in [5.74, 6) is -1.25. The van der Waals surface area contributed by atoms with Crippen LogP contribution in [-0.4, -0.2) is 36.2 Å². The third kappa shape index (κ3) is 3.97. The van der Waals surface area contributed by atoms with E-state index in [0.29, 0.717) is 0 Å². The Morgan fingerprint density at radius 2 is 2.00 bits per heavy atom. The lowest BCUT2D eigenvalue weighted by molar-refractivity contribution is -0.177. The first-order valence-corrected chi connectivity index (χ1v) is 6.93. The zero-order chi connectivity index (χ0) is 15.5. The van der Waals surface area contributed by atoms with E-state index >= 15 is 0 Å². The number of nitrogens with zero attached hydrogens (tertiary/aromatic N) is 1. The number of hydrogen-bond donors (Lipinski definition) is 0. The first kappa shape index (κ1) is 15.8. The number of rotatable bonds is 4. The molecule has 1 heterocycles. The van der Waals surface area contributed by atoms with Crippen molar-refractivity contribution in [1.29, 1.82) is 0 Å². The van der Waals surface area contributed by atoms with Crippen LogP contribution in [0.5, 0.6) is 0 Å². The molecule has 0 spiro atoms. The first-order valence-electron chi connectivity index (χ1n) is 6.93. The molecule has 21 heavy (non-hydrogen) atoms. The Bertz CT molecular complexity index is 476. The Morgan fingerprint density at radius 3 is 2.57 bits per heavy atom. The number of likely N-dealkylation sites (tertiary alicyclic amines) is 1. The minimum Gasteiger partial charge on any atom is -0.466 e. The molecule has 0 bridgehead atoms. The highest BCUT2D eigenvalue weighted by molar-refractivity contribution is 5.73. The third-order valence-corrected chi connectivity index (χ3v) is 3.63. The molecule has 0 aromatic heterocycles. The maximum Gasteiger partial charge on any atom is 0.404 e. The summed E-state index contributed by atoms with van der Waals surface area (Å²) in [5.41, 5.74) is 0.802. The molecule has 1 aliphatic rings. The molecule has 3 nitrogen and oxygen atoms in total. The van der Waals surface area contributed by atoms with Gasteiger partial charge in [0.15, 0.2) is 0 Å². The molecule has 0 amide bonds. The lowest BCUT2D eigenvalue weighted by Gasteiger charge is -2.26. The van der Waals surface area contributed by atoms with Crippen LogP contribution in [0.2, 0.25) is 0 Å². The van der Waals surface area contributed by atoms with Gasteiger partial charge in [0.2, 0.25) is 0 Å². The second kappa shape index (κ2) is 6.47. The van der Waals surface area contributed by atoms with E-state index in [2.05, 4.69) is 0 Å². The van der Waals surface area contributed by atoms with E-state index in [0.717, 1.165) is 5.56 Å². The first-order chi connectivity index (χ1) is 9.91. The Balaban J connectivity index is 2.11. The molecule has 1 fully saturated rings. The van der Waals surface area contributed by atoms with Crippen molar-refractivity contribution in [2.24, 2.45) is 5.92 Å². The van der Waals surface area contributed by atoms with Gasteiger partial charge < -0.3 is 4.74 Å². The molecule has 1 saturated heterocycles. The van der Waals surface area contributed by atoms with Crippen LogP contribution in [0.4, 0.5) is 13.2 Å². The zero-order valence-electron chi connectivity index (χ0n) is 11.8. The average molecular weight is 301 g/mol. The topological polar surface area (TPSA) is 29.5 Å². The summed E-state index contributed by atoms with van der Waals surface area (Å²) in [5, 5.41) is 0. The fourth-order valence-electron chi connectivity index (χ4n) is 2.67. The fraction of sp³-hybridized carbons (Fsp3) is 0.533. The largest absolute Gasteiger partial charge is 0.466 e. The summed E-state index contributed by atoms with van der Waals surface area (Å²) < 4.78 is 44.3. The van der Waals surface area contributed by atoms with E-state index in [9.17, 15) is 18.0 Å². The van der Waals surface area contributed by atoms with Crippen LogP contribution >= 0.6 is 0 Å². The van der Waals surface area contributed by atoms with Gasteiger partial charge >= 0.3 is 12.1 Å². The molecule has 0 radical (unpaired) electrons. The van der Waals surface area contributed by atoms with Crippen molar-refractivity contribution in [3.05, 3.63) is 35.9 Å². The van der Waals surface area contributed by atoms with Crippen LogP contribution in [-0.2, 0) is 16.1 Å². The smallest absolute Gasteiger partial charge is 0.404 e. The van der Waals surface area contributed by atoms with Crippen molar-refractivity contribution in [1.82, 2.24) is 4.90 Å². The quantitative estimate of drug-likeness (QED) is 0.801. The molecular formula is C15H18F3NO2. The molecule has 1 aromatic carbocycles. The number of benzene rings is 1. The number of halogens is 3. The number of hydrogen-bond acceptors (Lipinski definition) is 3. The molecule has 0 aliphatic carbocycles. The fourth-order valence-corrected chi connectivity index (χ4v) is 2.67. The van der Waals surface area contributed by atoms with Gasteiger partial charge in [-0.25, -0.2) is 0 Å². The Hall–Kier alpha value is -1.56. The monoisotopic (exact) mass is 301 g/mol. The normalized spacial score (nSPS) is 23.2. The molecule has 2 atom stereocenters. The highest BCUT2D eigenvalue weighted by Crippen LogP contribution is 2.36. The SMILES string of the molecule is CCOC(=O)[C@H]1C[C@@H](C(F)(F)F)N(Cc2ccccc2)C1. The average Bonchev–Trinajstić information content (AvgIpc) is 2.84. The van der Waals surface area contributed by atoms with Crippen LogP contribution in [0.25, 0.3) is 0 Å². The lowest BCUT2D eigenvalue weighted by Crippen LogP contribution is -2.40. The number of esters is 1. The highest BCUT2D eigenvalue weighted by Gasteiger charge is 2.50. The molecule has 116 valence electrons. The highest BCUT2D eigenvalue weighted by atomic mass is 19.4. The molecule has 0 unspecified atom stereocenters. The molecule has 0 N–H and O–H groups in total. The lowest BCUT2D eigenvalue weighted by atomic mass is 10.1. The second-order valence-electron chi connectivity index (χ2n) is 5.16. The van der Waals surface area contributed by atoms with Gasteiger partial charge in [-0.3, -0.25) is 9.69 Å². The van der Waals surface area contributed by atoms with Crippen LogP contribution in [0.3, 0.4) is 0 Å². The molecule has 2 rings (SSSR count). The summed E-state index contributed by atoms with van der Waals surface area (Å²) >= 11 is 0. The van der Waals surface area contributed by atoms with E-state index in [-0.39, 0.29) is 26.1 Å². The number of alkyl halides is 3. The predicted octanol–water partition coefficient (Wildman–Crippen LogP) is 3.00. The van der Waals surface area contributed by atoms with Crippen molar-refractivity contribution >= 4 is 5.97 Å². The van der Waals surface area contributed by atoms with Gasteiger partial charge in [0.1, 0.15) is 6.04 Å². The maximum absolute atomic E-state index is 13.1. The zero-order valence-corrected chi connectivity index (χ0v) is 11.8. The maximum atomic E-state index is 13.1. The van der Waals surface area contributed by atoms with Gasteiger partial charge in [-0.2, -0.15) is 13.2 Å². The molecule has 1 aromatic rings. The third-order valence-electron chi connectivity index (χ3n) is 3.63. The summed E-state index contributed by atoms with van der Waals surface area (Å²) in [6.07, 6.45) is -4.56. The Morgan fingerprint density at radius 1 is 1.33 bits per heavy atom. The summed E-state index contributed by atoms with van der Waals surface area (Å²) in [6.45, 7) is 2.10. The van der Waals surface area contributed by atoms with Gasteiger partial charge in [-0.05, 0) is 18.9 Å². The van der Waals surface area contributed by atoms with E-state index in [1.165, 1.54) is 4.90 Å². The number of carbonyl (C=O) groups excluding carboxylic acids is 1. The minimum absolute atomic E-state index is 0.0813. The molecule has 0 saturated carbocycles. The standard InChI is InChI=1S/C15H18F3NO2/c1-2-21-14(20)12-8-13(15(16,17)18)19(10-12)9-11-6-4-3-5-7-11/h3-7,12-13H,2,8-10H2,1H3/t12-,13-/m0/s1. The predicted molar refractivity (Wildman–Crippen MR) is 71.4 cm³/mol. The summed E-state index contributed by atoms with van der Waals surface area (Å²) in [6, 6.07) is 7.37. The van der Waals surface area contributed by atoms with Crippen molar-refractivity contribution < 1.29 is 22.7 Å². The molecular weight excluding hydrogens is 283 g/mol. The van der Waals surface area contributed by atoms with Crippen LogP contribution in [0.1, 0.15) is 18.9 Å². The van der Waals surface area contributed by atoms with Crippen molar-refractivity contribution in [2.75, 3.05) is 13.2 Å². The molecule has 1 aliphatic heterocycles. The summed E-state index contributed by atoms with van der Waals surface area (Å²) in [7, 11) is 0. The van der Waals surface area contributed by atoms with Crippen molar-refractivity contribution in [2.45, 2.75) is 32.1 Å². The van der Waals surface area contributed by atoms with Crippen molar-refractivity contribution in [3.63, 3.8) is 0 Å². The van der Waals surface area contributed by atoms with E-state index in [1.54, 1.807) is 31.2 Å². The second-order valence-corrected chi connectivity index (χ2v) is 5.16. The van der Waals surface area contributed by atoms with Gasteiger partial charge in [0.25, 0.3) is 0 Å². The number of ether oxygens (including phenoxy) is 1. The van der Waals surface area contributed by atoms with Gasteiger partial charge in [-0.15, -0.1) is 0 Å². The Labute approximate surface area is 121 Å². The van der Waals surface area contributed by atoms with Crippen LogP contribution in [0.15, 0.2) is 30.3 Å². The van der Waals surface area contributed by atoms with Crippen LogP contribution < -0.4 is 0 Å². The van der Waals surface area contributed by atoms with Gasteiger partial charge in [0.05, 0.1) is 12.5 Å². The van der Waals surface area contributed by atoms with Crippen molar-refractivity contribution in [3.8, 4) is 0 Å². The van der Waals surface area contributed by atoms with E-state index in [4.69, 9.17) is 4.74 Å². The van der Waals surface area contributed by atoms with Gasteiger partial charge in [0, 0.05) is 13.1 Å². The Kier molecular flexibility index (Phi) is 4.88. The van der Waals surface area contributed by atoms with E-state index in [1.807, 2.05) is 6.07 Å². The minimum atomic E-state index is -4.34.